The maximum absolute atomic E-state index is 12.4. The van der Waals surface area contributed by atoms with Gasteiger partial charge < -0.3 is 15.6 Å². The zero-order chi connectivity index (χ0) is 15.8. The lowest BCUT2D eigenvalue weighted by Crippen LogP contribution is -2.50. The molecule has 1 fully saturated rings. The number of benzene rings is 1. The number of amides is 1. The summed E-state index contributed by atoms with van der Waals surface area (Å²) < 4.78 is 0. The molecule has 1 amide bonds. The van der Waals surface area contributed by atoms with Crippen molar-refractivity contribution in [3.63, 3.8) is 0 Å². The van der Waals surface area contributed by atoms with Gasteiger partial charge in [0.2, 0.25) is 5.91 Å². The first-order chi connectivity index (χ1) is 11.3. The van der Waals surface area contributed by atoms with E-state index in [0.29, 0.717) is 12.0 Å². The topological polar surface area (TPSA) is 56.9 Å². The maximum atomic E-state index is 12.4. The zero-order valence-electron chi connectivity index (χ0n) is 13.7. The minimum atomic E-state index is 0.0869. The molecule has 0 saturated carbocycles. The molecule has 2 aromatic rings. The van der Waals surface area contributed by atoms with Crippen molar-refractivity contribution in [3.05, 3.63) is 35.5 Å². The molecule has 3 atom stereocenters. The van der Waals surface area contributed by atoms with Crippen LogP contribution in [-0.4, -0.2) is 30.0 Å². The van der Waals surface area contributed by atoms with Gasteiger partial charge in [-0.1, -0.05) is 25.5 Å². The number of hydrogen-bond donors (Lipinski definition) is 3. The van der Waals surface area contributed by atoms with Crippen LogP contribution in [0.4, 0.5) is 0 Å². The van der Waals surface area contributed by atoms with Gasteiger partial charge >= 0.3 is 0 Å². The SMILES string of the molecule is CCCCNC(=O)C1CN[C@@H]2Cc3c[nH]c4cccc(c34)[C@H]2C1. The molecular weight excluding hydrogens is 286 g/mol. The number of carbonyl (C=O) groups excluding carboxylic acids is 1. The Morgan fingerprint density at radius 2 is 2.30 bits per heavy atom. The molecule has 2 heterocycles. The van der Waals surface area contributed by atoms with Crippen LogP contribution in [0, 0.1) is 5.92 Å². The predicted octanol–water partition coefficient (Wildman–Crippen LogP) is 2.70. The Labute approximate surface area is 137 Å². The van der Waals surface area contributed by atoms with Crippen LogP contribution in [0.1, 0.15) is 43.2 Å². The van der Waals surface area contributed by atoms with Gasteiger partial charge in [0, 0.05) is 42.1 Å². The third kappa shape index (κ3) is 2.55. The average Bonchev–Trinajstić information content (AvgIpc) is 2.99. The molecule has 0 bridgehead atoms. The summed E-state index contributed by atoms with van der Waals surface area (Å²) in [5.41, 5.74) is 4.05. The molecular formula is C19H25N3O. The lowest BCUT2D eigenvalue weighted by Gasteiger charge is -2.39. The Morgan fingerprint density at radius 3 is 3.17 bits per heavy atom. The summed E-state index contributed by atoms with van der Waals surface area (Å²) in [6.45, 7) is 3.75. The standard InChI is InChI=1S/C19H25N3O/c1-2-3-7-20-19(23)13-8-15-14-5-4-6-16-18(14)12(10-21-16)9-17(15)22-11-13/h4-6,10,13,15,17,21-22H,2-3,7-9,11H2,1H3,(H,20,23)/t13?,15-,17-/m1/s1. The van der Waals surface area contributed by atoms with E-state index in [1.807, 2.05) is 0 Å². The van der Waals surface area contributed by atoms with Crippen LogP contribution in [0.25, 0.3) is 10.9 Å². The van der Waals surface area contributed by atoms with E-state index in [-0.39, 0.29) is 11.8 Å². The second kappa shape index (κ2) is 6.00. The highest BCUT2D eigenvalue weighted by Gasteiger charge is 2.38. The number of fused-ring (bicyclic) bond motifs is 2. The monoisotopic (exact) mass is 311 g/mol. The fourth-order valence-corrected chi connectivity index (χ4v) is 4.27. The molecule has 0 radical (unpaired) electrons. The summed E-state index contributed by atoms with van der Waals surface area (Å²) in [4.78, 5) is 15.8. The fourth-order valence-electron chi connectivity index (χ4n) is 4.27. The quantitative estimate of drug-likeness (QED) is 0.760. The van der Waals surface area contributed by atoms with Gasteiger partial charge in [0.05, 0.1) is 5.92 Å². The molecule has 1 aromatic heterocycles. The van der Waals surface area contributed by atoms with E-state index in [1.54, 1.807) is 0 Å². The number of aromatic amines is 1. The molecule has 1 saturated heterocycles. The van der Waals surface area contributed by atoms with Crippen LogP contribution in [0.3, 0.4) is 0 Å². The van der Waals surface area contributed by atoms with Gasteiger partial charge in [-0.25, -0.2) is 0 Å². The summed E-state index contributed by atoms with van der Waals surface area (Å²) in [6, 6.07) is 6.98. The van der Waals surface area contributed by atoms with Crippen molar-refractivity contribution in [1.29, 1.82) is 0 Å². The molecule has 4 nitrogen and oxygen atoms in total. The van der Waals surface area contributed by atoms with E-state index in [4.69, 9.17) is 0 Å². The van der Waals surface area contributed by atoms with Crippen LogP contribution in [0.5, 0.6) is 0 Å². The van der Waals surface area contributed by atoms with Crippen molar-refractivity contribution in [1.82, 2.24) is 15.6 Å². The third-order valence-corrected chi connectivity index (χ3v) is 5.51. The smallest absolute Gasteiger partial charge is 0.224 e. The molecule has 4 heteroatoms. The summed E-state index contributed by atoms with van der Waals surface area (Å²) in [5.74, 6) is 0.748. The van der Waals surface area contributed by atoms with E-state index in [0.717, 1.165) is 38.8 Å². The van der Waals surface area contributed by atoms with Crippen LogP contribution in [0.15, 0.2) is 24.4 Å². The van der Waals surface area contributed by atoms with Gasteiger partial charge in [-0.2, -0.15) is 0 Å². The average molecular weight is 311 g/mol. The molecule has 1 aliphatic carbocycles. The predicted molar refractivity (Wildman–Crippen MR) is 92.6 cm³/mol. The van der Waals surface area contributed by atoms with Crippen molar-refractivity contribution in [3.8, 4) is 0 Å². The number of piperidine rings is 1. The van der Waals surface area contributed by atoms with Gasteiger partial charge in [-0.15, -0.1) is 0 Å². The lowest BCUT2D eigenvalue weighted by molar-refractivity contribution is -0.125. The van der Waals surface area contributed by atoms with Gasteiger partial charge in [-0.05, 0) is 36.5 Å². The first-order valence-corrected chi connectivity index (χ1v) is 8.88. The van der Waals surface area contributed by atoms with Gasteiger partial charge in [0.25, 0.3) is 0 Å². The van der Waals surface area contributed by atoms with Gasteiger partial charge in [-0.3, -0.25) is 4.79 Å². The molecule has 122 valence electrons. The summed E-state index contributed by atoms with van der Waals surface area (Å²) >= 11 is 0. The molecule has 3 N–H and O–H groups in total. The van der Waals surface area contributed by atoms with E-state index >= 15 is 0 Å². The Balaban J connectivity index is 1.56. The normalized spacial score (nSPS) is 26.0. The van der Waals surface area contributed by atoms with Gasteiger partial charge in [0.1, 0.15) is 0 Å². The highest BCUT2D eigenvalue weighted by atomic mass is 16.1. The fraction of sp³-hybridized carbons (Fsp3) is 0.526. The van der Waals surface area contributed by atoms with Crippen molar-refractivity contribution in [2.24, 2.45) is 5.92 Å². The van der Waals surface area contributed by atoms with E-state index < -0.39 is 0 Å². The van der Waals surface area contributed by atoms with Crippen molar-refractivity contribution < 1.29 is 4.79 Å². The van der Waals surface area contributed by atoms with Crippen LogP contribution in [-0.2, 0) is 11.2 Å². The molecule has 1 aliphatic heterocycles. The Morgan fingerprint density at radius 1 is 1.39 bits per heavy atom. The maximum Gasteiger partial charge on any atom is 0.224 e. The minimum absolute atomic E-state index is 0.0869. The summed E-state index contributed by atoms with van der Waals surface area (Å²) in [6.07, 6.45) is 6.34. The van der Waals surface area contributed by atoms with E-state index in [2.05, 4.69) is 46.9 Å². The molecule has 0 spiro atoms. The number of hydrogen-bond acceptors (Lipinski definition) is 2. The Kier molecular flexibility index (Phi) is 3.85. The number of nitrogens with one attached hydrogen (secondary N) is 3. The molecule has 1 aromatic carbocycles. The Bertz CT molecular complexity index is 720. The zero-order valence-corrected chi connectivity index (χ0v) is 13.7. The number of carbonyl (C=O) groups is 1. The molecule has 4 rings (SSSR count). The summed E-state index contributed by atoms with van der Waals surface area (Å²) in [5, 5.41) is 8.14. The van der Waals surface area contributed by atoms with Crippen molar-refractivity contribution in [2.75, 3.05) is 13.1 Å². The number of aromatic nitrogens is 1. The van der Waals surface area contributed by atoms with E-state index in [1.165, 1.54) is 22.0 Å². The van der Waals surface area contributed by atoms with E-state index in [9.17, 15) is 4.79 Å². The van der Waals surface area contributed by atoms with Crippen LogP contribution in [0.2, 0.25) is 0 Å². The third-order valence-electron chi connectivity index (χ3n) is 5.51. The Hall–Kier alpha value is -1.81. The highest BCUT2D eigenvalue weighted by Crippen LogP contribution is 2.41. The number of unbranched alkanes of at least 4 members (excludes halogenated alkanes) is 1. The van der Waals surface area contributed by atoms with Crippen molar-refractivity contribution >= 4 is 16.8 Å². The first-order valence-electron chi connectivity index (χ1n) is 8.88. The first kappa shape index (κ1) is 14.8. The number of H-pyrrole nitrogens is 1. The largest absolute Gasteiger partial charge is 0.361 e. The summed E-state index contributed by atoms with van der Waals surface area (Å²) in [7, 11) is 0. The molecule has 23 heavy (non-hydrogen) atoms. The highest BCUT2D eigenvalue weighted by molar-refractivity contribution is 5.88. The lowest BCUT2D eigenvalue weighted by atomic mass is 9.73. The second-order valence-electron chi connectivity index (χ2n) is 6.99. The number of rotatable bonds is 4. The van der Waals surface area contributed by atoms with Crippen LogP contribution < -0.4 is 10.6 Å². The second-order valence-corrected chi connectivity index (χ2v) is 6.99. The molecule has 2 aliphatic rings. The molecule has 1 unspecified atom stereocenters. The minimum Gasteiger partial charge on any atom is -0.361 e. The van der Waals surface area contributed by atoms with Crippen LogP contribution >= 0.6 is 0 Å². The van der Waals surface area contributed by atoms with Gasteiger partial charge in [0.15, 0.2) is 0 Å². The van der Waals surface area contributed by atoms with Crippen molar-refractivity contribution in [2.45, 2.75) is 44.6 Å².